The molecule has 0 atom stereocenters. The molecule has 2 amide bonds. The van der Waals surface area contributed by atoms with Crippen molar-refractivity contribution >= 4 is 23.2 Å². The molecule has 0 saturated carbocycles. The number of hydrogen-bond acceptors (Lipinski definition) is 2. The molecule has 2 aliphatic rings. The predicted molar refractivity (Wildman–Crippen MR) is 167 cm³/mol. The van der Waals surface area contributed by atoms with E-state index in [-0.39, 0.29) is 22.6 Å². The van der Waals surface area contributed by atoms with Crippen molar-refractivity contribution in [3.05, 3.63) is 71.8 Å². The fourth-order valence-corrected chi connectivity index (χ4v) is 5.75. The van der Waals surface area contributed by atoms with E-state index >= 15 is 0 Å². The SMILES string of the molecule is CC(C)(C)c1cc(-c2ccc(-c3cc(N4CCCCC4=O)cc(N4CCCCC4=O)c3)cc2)cc(C(C)(C)C)c1. The molecule has 2 aliphatic heterocycles. The Labute approximate surface area is 240 Å². The predicted octanol–water partition coefficient (Wildman–Crippen LogP) is 8.65. The lowest BCUT2D eigenvalue weighted by Crippen LogP contribution is -2.37. The molecule has 2 saturated heterocycles. The van der Waals surface area contributed by atoms with E-state index in [1.165, 1.54) is 22.3 Å². The lowest BCUT2D eigenvalue weighted by atomic mass is 9.79. The Kier molecular flexibility index (Phi) is 7.65. The molecule has 0 radical (unpaired) electrons. The topological polar surface area (TPSA) is 40.6 Å². The Morgan fingerprint density at radius 2 is 0.900 bits per heavy atom. The molecule has 4 nitrogen and oxygen atoms in total. The number of carbonyl (C=O) groups is 2. The first-order chi connectivity index (χ1) is 18.9. The summed E-state index contributed by atoms with van der Waals surface area (Å²) in [7, 11) is 0. The third-order valence-corrected chi connectivity index (χ3v) is 8.39. The van der Waals surface area contributed by atoms with E-state index in [0.29, 0.717) is 12.8 Å². The van der Waals surface area contributed by atoms with Crippen molar-refractivity contribution in [2.75, 3.05) is 22.9 Å². The quantitative estimate of drug-likeness (QED) is 0.335. The molecule has 40 heavy (non-hydrogen) atoms. The molecular weight excluding hydrogens is 492 g/mol. The normalized spacial score (nSPS) is 16.9. The average Bonchev–Trinajstić information content (AvgIpc) is 2.92. The summed E-state index contributed by atoms with van der Waals surface area (Å²) in [5.74, 6) is 0.339. The van der Waals surface area contributed by atoms with E-state index in [4.69, 9.17) is 0 Å². The van der Waals surface area contributed by atoms with Gasteiger partial charge < -0.3 is 9.80 Å². The molecule has 210 valence electrons. The summed E-state index contributed by atoms with van der Waals surface area (Å²) in [6.45, 7) is 15.1. The van der Waals surface area contributed by atoms with Crippen molar-refractivity contribution in [2.24, 2.45) is 0 Å². The maximum Gasteiger partial charge on any atom is 0.226 e. The lowest BCUT2D eigenvalue weighted by molar-refractivity contribution is -0.120. The summed E-state index contributed by atoms with van der Waals surface area (Å²) in [5, 5.41) is 0. The van der Waals surface area contributed by atoms with E-state index < -0.39 is 0 Å². The van der Waals surface area contributed by atoms with Crippen LogP contribution in [-0.2, 0) is 20.4 Å². The number of carbonyl (C=O) groups excluding carboxylic acids is 2. The van der Waals surface area contributed by atoms with Crippen LogP contribution in [0.3, 0.4) is 0 Å². The van der Waals surface area contributed by atoms with Gasteiger partial charge in [-0.2, -0.15) is 0 Å². The number of amides is 2. The van der Waals surface area contributed by atoms with Gasteiger partial charge in [0.25, 0.3) is 0 Å². The monoisotopic (exact) mass is 536 g/mol. The highest BCUT2D eigenvalue weighted by Crippen LogP contribution is 2.37. The fourth-order valence-electron chi connectivity index (χ4n) is 5.75. The second-order valence-electron chi connectivity index (χ2n) is 13.6. The molecular formula is C36H44N2O2. The zero-order valence-electron chi connectivity index (χ0n) is 25.1. The standard InChI is InChI=1S/C36H44N2O2/c1-35(2,3)29-19-27(20-30(23-29)36(4,5)6)25-13-15-26(16-14-25)28-21-31(37-17-9-7-11-33(37)39)24-32(22-28)38-18-10-8-12-34(38)40/h13-16,19-24H,7-12,17-18H2,1-6H3. The first kappa shape index (κ1) is 28.1. The van der Waals surface area contributed by atoms with Gasteiger partial charge in [-0.3, -0.25) is 9.59 Å². The Balaban J connectivity index is 1.55. The van der Waals surface area contributed by atoms with Crippen LogP contribution in [0.2, 0.25) is 0 Å². The summed E-state index contributed by atoms with van der Waals surface area (Å²) >= 11 is 0. The Morgan fingerprint density at radius 3 is 1.27 bits per heavy atom. The van der Waals surface area contributed by atoms with Crippen molar-refractivity contribution < 1.29 is 9.59 Å². The van der Waals surface area contributed by atoms with Crippen LogP contribution >= 0.6 is 0 Å². The molecule has 3 aromatic rings. The summed E-state index contributed by atoms with van der Waals surface area (Å²) in [6, 6.07) is 22.0. The third kappa shape index (κ3) is 6.01. The van der Waals surface area contributed by atoms with Gasteiger partial charge >= 0.3 is 0 Å². The highest BCUT2D eigenvalue weighted by Gasteiger charge is 2.25. The van der Waals surface area contributed by atoms with Crippen molar-refractivity contribution in [1.29, 1.82) is 0 Å². The summed E-state index contributed by atoms with van der Waals surface area (Å²) in [5.41, 5.74) is 9.14. The summed E-state index contributed by atoms with van der Waals surface area (Å²) in [4.78, 5) is 29.5. The van der Waals surface area contributed by atoms with E-state index in [1.807, 2.05) is 15.9 Å². The first-order valence-corrected chi connectivity index (χ1v) is 14.9. The van der Waals surface area contributed by atoms with Crippen molar-refractivity contribution in [3.8, 4) is 22.3 Å². The van der Waals surface area contributed by atoms with Crippen LogP contribution in [0.25, 0.3) is 22.3 Å². The smallest absolute Gasteiger partial charge is 0.226 e. The maximum absolute atomic E-state index is 12.8. The number of nitrogens with zero attached hydrogens (tertiary/aromatic N) is 2. The van der Waals surface area contributed by atoms with Crippen LogP contribution in [0.1, 0.15) is 91.2 Å². The van der Waals surface area contributed by atoms with Gasteiger partial charge in [0, 0.05) is 37.3 Å². The Morgan fingerprint density at radius 1 is 0.500 bits per heavy atom. The summed E-state index contributed by atoms with van der Waals surface area (Å²) < 4.78 is 0. The van der Waals surface area contributed by atoms with Gasteiger partial charge in [0.1, 0.15) is 0 Å². The average molecular weight is 537 g/mol. The van der Waals surface area contributed by atoms with Crippen LogP contribution in [-0.4, -0.2) is 24.9 Å². The minimum atomic E-state index is 0.0601. The number of anilines is 2. The molecule has 0 aromatic heterocycles. The fraction of sp³-hybridized carbons (Fsp3) is 0.444. The van der Waals surface area contributed by atoms with Gasteiger partial charge in [-0.05, 0) is 88.1 Å². The van der Waals surface area contributed by atoms with Gasteiger partial charge in [-0.1, -0.05) is 84.0 Å². The van der Waals surface area contributed by atoms with Crippen LogP contribution in [0, 0.1) is 0 Å². The molecule has 0 aliphatic carbocycles. The van der Waals surface area contributed by atoms with Crippen molar-refractivity contribution in [1.82, 2.24) is 0 Å². The largest absolute Gasteiger partial charge is 0.312 e. The van der Waals surface area contributed by atoms with Crippen LogP contribution in [0.5, 0.6) is 0 Å². The van der Waals surface area contributed by atoms with Crippen molar-refractivity contribution in [3.63, 3.8) is 0 Å². The minimum absolute atomic E-state index is 0.0601. The van der Waals surface area contributed by atoms with E-state index in [1.54, 1.807) is 0 Å². The van der Waals surface area contributed by atoms with Gasteiger partial charge in [-0.25, -0.2) is 0 Å². The van der Waals surface area contributed by atoms with E-state index in [2.05, 4.69) is 96.1 Å². The molecule has 5 rings (SSSR count). The number of rotatable bonds is 4. The molecule has 4 heteroatoms. The highest BCUT2D eigenvalue weighted by molar-refractivity contribution is 5.99. The lowest BCUT2D eigenvalue weighted by Gasteiger charge is -2.31. The van der Waals surface area contributed by atoms with Gasteiger partial charge in [0.15, 0.2) is 0 Å². The second kappa shape index (κ2) is 10.9. The minimum Gasteiger partial charge on any atom is -0.312 e. The van der Waals surface area contributed by atoms with Crippen LogP contribution < -0.4 is 9.80 Å². The highest BCUT2D eigenvalue weighted by atomic mass is 16.2. The summed E-state index contributed by atoms with van der Waals surface area (Å²) in [6.07, 6.45) is 5.07. The second-order valence-corrected chi connectivity index (χ2v) is 13.6. The van der Waals surface area contributed by atoms with Gasteiger partial charge in [0.2, 0.25) is 11.8 Å². The molecule has 0 N–H and O–H groups in total. The molecule has 0 unspecified atom stereocenters. The van der Waals surface area contributed by atoms with Crippen LogP contribution in [0.15, 0.2) is 60.7 Å². The van der Waals surface area contributed by atoms with Gasteiger partial charge in [-0.15, -0.1) is 0 Å². The van der Waals surface area contributed by atoms with E-state index in [0.717, 1.165) is 61.3 Å². The number of piperidine rings is 2. The Bertz CT molecular complexity index is 1330. The van der Waals surface area contributed by atoms with E-state index in [9.17, 15) is 9.59 Å². The third-order valence-electron chi connectivity index (χ3n) is 8.39. The number of benzene rings is 3. The molecule has 0 bridgehead atoms. The van der Waals surface area contributed by atoms with Crippen LogP contribution in [0.4, 0.5) is 11.4 Å². The molecule has 3 aromatic carbocycles. The van der Waals surface area contributed by atoms with Gasteiger partial charge in [0.05, 0.1) is 0 Å². The molecule has 2 heterocycles. The zero-order chi connectivity index (χ0) is 28.7. The maximum atomic E-state index is 12.8. The van der Waals surface area contributed by atoms with Crippen molar-refractivity contribution in [2.45, 2.75) is 90.9 Å². The zero-order valence-corrected chi connectivity index (χ0v) is 25.1. The Hall–Kier alpha value is -3.40. The first-order valence-electron chi connectivity index (χ1n) is 14.9. The molecule has 0 spiro atoms. The molecule has 2 fully saturated rings. The number of hydrogen-bond donors (Lipinski definition) is 0.